The maximum absolute atomic E-state index is 12.3. The molecular weight excluding hydrogens is 479 g/mol. The van der Waals surface area contributed by atoms with Gasteiger partial charge in [-0.2, -0.15) is 0 Å². The fourth-order valence-corrected chi connectivity index (χ4v) is 4.09. The molecule has 1 saturated carbocycles. The number of nitrogens with zero attached hydrogens (tertiary/aromatic N) is 1. The van der Waals surface area contributed by atoms with Gasteiger partial charge in [-0.05, 0) is 39.7 Å². The maximum atomic E-state index is 12.3. The first-order chi connectivity index (χ1) is 13.5. The number of hydrogen-bond donors (Lipinski definition) is 3. The second-order valence-electron chi connectivity index (χ2n) is 8.40. The van der Waals surface area contributed by atoms with Crippen molar-refractivity contribution in [1.82, 2.24) is 16.0 Å². The van der Waals surface area contributed by atoms with Gasteiger partial charge in [0.2, 0.25) is 5.91 Å². The zero-order valence-corrected chi connectivity index (χ0v) is 20.1. The molecule has 7 heteroatoms. The van der Waals surface area contributed by atoms with Crippen LogP contribution in [-0.4, -0.2) is 36.6 Å². The number of nitrogens with one attached hydrogen (secondary N) is 3. The van der Waals surface area contributed by atoms with Crippen LogP contribution in [0.2, 0.25) is 0 Å². The molecule has 2 aliphatic rings. The molecule has 1 fully saturated rings. The van der Waals surface area contributed by atoms with Crippen molar-refractivity contribution in [3.63, 3.8) is 0 Å². The van der Waals surface area contributed by atoms with E-state index in [-0.39, 0.29) is 48.1 Å². The fourth-order valence-electron chi connectivity index (χ4n) is 4.09. The van der Waals surface area contributed by atoms with Gasteiger partial charge in [-0.3, -0.25) is 4.79 Å². The van der Waals surface area contributed by atoms with Gasteiger partial charge in [0, 0.05) is 24.6 Å². The Bertz CT molecular complexity index is 702. The number of fused-ring (bicyclic) bond motifs is 1. The van der Waals surface area contributed by atoms with E-state index in [0.29, 0.717) is 12.0 Å². The standard InChI is InChI=1S/C22H34N4O2.HI/c1-4-23-21(24-15-20(27)25-16-10-6-5-7-11-16)26-18-14-22(2,3)28-19-13-9-8-12-17(18)19;/h8-9,12-13,16,18H,4-7,10-11,14-15H2,1-3H3,(H,25,27)(H2,23,24,26);1H. The van der Waals surface area contributed by atoms with Crippen molar-refractivity contribution in [3.8, 4) is 5.75 Å². The number of carbonyl (C=O) groups excluding carboxylic acids is 1. The molecule has 1 aliphatic carbocycles. The van der Waals surface area contributed by atoms with E-state index in [1.165, 1.54) is 19.3 Å². The van der Waals surface area contributed by atoms with Gasteiger partial charge < -0.3 is 20.7 Å². The highest BCUT2D eigenvalue weighted by atomic mass is 127. The van der Waals surface area contributed by atoms with Crippen LogP contribution in [0.3, 0.4) is 0 Å². The Morgan fingerprint density at radius 3 is 2.62 bits per heavy atom. The van der Waals surface area contributed by atoms with E-state index < -0.39 is 0 Å². The Morgan fingerprint density at radius 1 is 1.17 bits per heavy atom. The predicted molar refractivity (Wildman–Crippen MR) is 128 cm³/mol. The van der Waals surface area contributed by atoms with E-state index in [4.69, 9.17) is 4.74 Å². The van der Waals surface area contributed by atoms with Gasteiger partial charge in [-0.1, -0.05) is 37.5 Å². The molecule has 29 heavy (non-hydrogen) atoms. The monoisotopic (exact) mass is 514 g/mol. The summed E-state index contributed by atoms with van der Waals surface area (Å²) in [6.45, 7) is 7.10. The first-order valence-corrected chi connectivity index (χ1v) is 10.6. The summed E-state index contributed by atoms with van der Waals surface area (Å²) < 4.78 is 6.11. The van der Waals surface area contributed by atoms with Crippen LogP contribution in [0.5, 0.6) is 5.75 Å². The number of hydrogen-bond acceptors (Lipinski definition) is 3. The summed E-state index contributed by atoms with van der Waals surface area (Å²) in [5.74, 6) is 1.57. The van der Waals surface area contributed by atoms with E-state index in [0.717, 1.165) is 37.1 Å². The molecule has 0 radical (unpaired) electrons. The lowest BCUT2D eigenvalue weighted by Crippen LogP contribution is -2.46. The van der Waals surface area contributed by atoms with Crippen molar-refractivity contribution in [2.24, 2.45) is 4.99 Å². The van der Waals surface area contributed by atoms with Crippen molar-refractivity contribution in [1.29, 1.82) is 0 Å². The zero-order valence-electron chi connectivity index (χ0n) is 17.8. The van der Waals surface area contributed by atoms with E-state index in [9.17, 15) is 4.79 Å². The van der Waals surface area contributed by atoms with Crippen molar-refractivity contribution in [2.45, 2.75) is 77.0 Å². The fraction of sp³-hybridized carbons (Fsp3) is 0.636. The van der Waals surface area contributed by atoms with Gasteiger partial charge in [-0.25, -0.2) is 4.99 Å². The Hall–Kier alpha value is -1.51. The van der Waals surface area contributed by atoms with E-state index >= 15 is 0 Å². The number of rotatable bonds is 5. The average molecular weight is 514 g/mol. The lowest BCUT2D eigenvalue weighted by molar-refractivity contribution is -0.120. The minimum Gasteiger partial charge on any atom is -0.487 e. The molecule has 0 spiro atoms. The van der Waals surface area contributed by atoms with Crippen LogP contribution in [-0.2, 0) is 4.79 Å². The van der Waals surface area contributed by atoms with Crippen LogP contribution in [0.15, 0.2) is 29.3 Å². The normalized spacial score (nSPS) is 21.2. The summed E-state index contributed by atoms with van der Waals surface area (Å²) in [6.07, 6.45) is 6.68. The minimum atomic E-state index is -0.262. The Kier molecular flexibility index (Phi) is 9.04. The smallest absolute Gasteiger partial charge is 0.242 e. The first-order valence-electron chi connectivity index (χ1n) is 10.6. The third-order valence-corrected chi connectivity index (χ3v) is 5.38. The minimum absolute atomic E-state index is 0. The van der Waals surface area contributed by atoms with E-state index in [1.807, 2.05) is 25.1 Å². The highest BCUT2D eigenvalue weighted by molar-refractivity contribution is 14.0. The number of carbonyl (C=O) groups is 1. The van der Waals surface area contributed by atoms with Gasteiger partial charge in [0.15, 0.2) is 5.96 Å². The molecule has 0 bridgehead atoms. The van der Waals surface area contributed by atoms with E-state index in [2.05, 4.69) is 40.9 Å². The molecule has 1 unspecified atom stereocenters. The summed E-state index contributed by atoms with van der Waals surface area (Å²) >= 11 is 0. The largest absolute Gasteiger partial charge is 0.487 e. The van der Waals surface area contributed by atoms with Crippen LogP contribution in [0.25, 0.3) is 0 Å². The van der Waals surface area contributed by atoms with Gasteiger partial charge >= 0.3 is 0 Å². The molecule has 0 aromatic heterocycles. The Balaban J connectivity index is 0.00000300. The number of aliphatic imine (C=N–C) groups is 1. The van der Waals surface area contributed by atoms with Crippen molar-refractivity contribution in [2.75, 3.05) is 13.1 Å². The number of ether oxygens (including phenoxy) is 1. The lowest BCUT2D eigenvalue weighted by Gasteiger charge is -2.38. The molecule has 3 rings (SSSR count). The molecule has 1 aromatic carbocycles. The molecule has 0 saturated heterocycles. The SMILES string of the molecule is CCNC(=NCC(=O)NC1CCCCC1)NC1CC(C)(C)Oc2ccccc21.I. The van der Waals surface area contributed by atoms with Gasteiger partial charge in [-0.15, -0.1) is 24.0 Å². The van der Waals surface area contributed by atoms with Crippen molar-refractivity contribution >= 4 is 35.8 Å². The summed E-state index contributed by atoms with van der Waals surface area (Å²) in [7, 11) is 0. The first kappa shape index (κ1) is 23.8. The summed E-state index contributed by atoms with van der Waals surface area (Å²) in [4.78, 5) is 16.9. The van der Waals surface area contributed by atoms with Crippen LogP contribution in [0.4, 0.5) is 0 Å². The quantitative estimate of drug-likeness (QED) is 0.317. The molecule has 1 aliphatic heterocycles. The molecule has 1 amide bonds. The van der Waals surface area contributed by atoms with E-state index in [1.54, 1.807) is 0 Å². The number of guanidine groups is 1. The predicted octanol–water partition coefficient (Wildman–Crippen LogP) is 3.91. The molecule has 6 nitrogen and oxygen atoms in total. The molecule has 1 atom stereocenters. The Morgan fingerprint density at radius 2 is 1.90 bits per heavy atom. The number of amides is 1. The molecule has 162 valence electrons. The summed E-state index contributed by atoms with van der Waals surface area (Å²) in [5, 5.41) is 9.90. The van der Waals surface area contributed by atoms with Gasteiger partial charge in [0.05, 0.1) is 6.04 Å². The lowest BCUT2D eigenvalue weighted by atomic mass is 9.90. The zero-order chi connectivity index (χ0) is 20.0. The highest BCUT2D eigenvalue weighted by Crippen LogP contribution is 2.39. The molecule has 1 heterocycles. The Labute approximate surface area is 191 Å². The molecular formula is C22H35IN4O2. The average Bonchev–Trinajstić information content (AvgIpc) is 2.66. The topological polar surface area (TPSA) is 74.8 Å². The maximum Gasteiger partial charge on any atom is 0.242 e. The second kappa shape index (κ2) is 11.0. The third-order valence-electron chi connectivity index (χ3n) is 5.38. The molecule has 1 aromatic rings. The third kappa shape index (κ3) is 7.04. The molecule has 3 N–H and O–H groups in total. The summed E-state index contributed by atoms with van der Waals surface area (Å²) in [5.41, 5.74) is 0.862. The number of para-hydroxylation sites is 1. The van der Waals surface area contributed by atoms with Crippen LogP contribution < -0.4 is 20.7 Å². The highest BCUT2D eigenvalue weighted by Gasteiger charge is 2.34. The van der Waals surface area contributed by atoms with Gasteiger partial charge in [0.25, 0.3) is 0 Å². The second-order valence-corrected chi connectivity index (χ2v) is 8.40. The van der Waals surface area contributed by atoms with Crippen molar-refractivity contribution in [3.05, 3.63) is 29.8 Å². The van der Waals surface area contributed by atoms with Gasteiger partial charge in [0.1, 0.15) is 17.9 Å². The van der Waals surface area contributed by atoms with Crippen LogP contribution in [0.1, 0.15) is 70.9 Å². The van der Waals surface area contributed by atoms with Crippen molar-refractivity contribution < 1.29 is 9.53 Å². The number of halogens is 1. The van der Waals surface area contributed by atoms with Crippen LogP contribution in [0, 0.1) is 0 Å². The summed E-state index contributed by atoms with van der Waals surface area (Å²) in [6, 6.07) is 8.51. The number of benzene rings is 1. The van der Waals surface area contributed by atoms with Crippen LogP contribution >= 0.6 is 24.0 Å².